The van der Waals surface area contributed by atoms with Gasteiger partial charge >= 0.3 is 0 Å². The zero-order valence-corrected chi connectivity index (χ0v) is 19.3. The number of para-hydroxylation sites is 2. The summed E-state index contributed by atoms with van der Waals surface area (Å²) in [7, 11) is 0. The van der Waals surface area contributed by atoms with Gasteiger partial charge in [0.15, 0.2) is 11.5 Å². The first-order chi connectivity index (χ1) is 15.6. The van der Waals surface area contributed by atoms with Crippen LogP contribution in [0.15, 0.2) is 58.8 Å². The highest BCUT2D eigenvalue weighted by Gasteiger charge is 2.31. The molecule has 0 spiro atoms. The highest BCUT2D eigenvalue weighted by Crippen LogP contribution is 2.35. The first-order valence-corrected chi connectivity index (χ1v) is 11.5. The molecule has 32 heavy (non-hydrogen) atoms. The smallest absolute Gasteiger partial charge is 0.294 e. The Kier molecular flexibility index (Phi) is 7.57. The summed E-state index contributed by atoms with van der Waals surface area (Å²) in [5.74, 6) is 0.196. The average Bonchev–Trinajstić information content (AvgIpc) is 2.80. The van der Waals surface area contributed by atoms with Crippen molar-refractivity contribution >= 4 is 39.5 Å². The van der Waals surface area contributed by atoms with E-state index in [1.165, 1.54) is 4.90 Å². The van der Waals surface area contributed by atoms with Crippen LogP contribution >= 0.6 is 15.9 Å². The van der Waals surface area contributed by atoms with E-state index >= 15 is 0 Å². The summed E-state index contributed by atoms with van der Waals surface area (Å²) in [5, 5.41) is 2.94. The molecular weight excluding hydrogens is 474 g/mol. The van der Waals surface area contributed by atoms with Crippen LogP contribution in [0.2, 0.25) is 0 Å². The normalized spacial score (nSPS) is 17.7. The lowest BCUT2D eigenvalue weighted by Crippen LogP contribution is -2.44. The first kappa shape index (κ1) is 22.5. The Balaban J connectivity index is 1.41. The Morgan fingerprint density at radius 3 is 2.75 bits per heavy atom. The molecular formula is C24H26BrN3O4. The molecule has 0 atom stereocenters. The highest BCUT2D eigenvalue weighted by atomic mass is 79.9. The van der Waals surface area contributed by atoms with Crippen LogP contribution in [0.3, 0.4) is 0 Å². The number of amides is 2. The van der Waals surface area contributed by atoms with Crippen molar-refractivity contribution in [3.63, 3.8) is 0 Å². The van der Waals surface area contributed by atoms with Gasteiger partial charge in [-0.05, 0) is 48.9 Å². The average molecular weight is 500 g/mol. The van der Waals surface area contributed by atoms with Crippen molar-refractivity contribution < 1.29 is 19.1 Å². The molecule has 2 heterocycles. The van der Waals surface area contributed by atoms with Crippen molar-refractivity contribution in [2.75, 3.05) is 50.8 Å². The van der Waals surface area contributed by atoms with Gasteiger partial charge in [0.05, 0.1) is 18.9 Å². The Morgan fingerprint density at radius 2 is 1.94 bits per heavy atom. The van der Waals surface area contributed by atoms with Crippen molar-refractivity contribution in [3.05, 3.63) is 64.3 Å². The van der Waals surface area contributed by atoms with Gasteiger partial charge in [0, 0.05) is 24.1 Å². The van der Waals surface area contributed by atoms with Gasteiger partial charge in [-0.1, -0.05) is 40.2 Å². The molecule has 0 aromatic heterocycles. The van der Waals surface area contributed by atoms with Crippen LogP contribution in [-0.4, -0.2) is 62.7 Å². The molecule has 7 nitrogen and oxygen atoms in total. The standard InChI is InChI=1S/C24H26BrN3O4/c25-19-6-3-5-18(15-19)16-22-24(30)28(20-7-1-2-8-21(20)32-22)17-23(29)26-9-4-10-27-11-13-31-14-12-27/h1-3,5-8,15-16H,4,9-14,17H2,(H,26,29)/b22-16+. The number of nitrogens with one attached hydrogen (secondary N) is 1. The lowest BCUT2D eigenvalue weighted by molar-refractivity contribution is -0.123. The second-order valence-corrected chi connectivity index (χ2v) is 8.60. The zero-order chi connectivity index (χ0) is 22.3. The van der Waals surface area contributed by atoms with Crippen LogP contribution in [0, 0.1) is 0 Å². The van der Waals surface area contributed by atoms with Crippen LogP contribution in [-0.2, 0) is 14.3 Å². The maximum atomic E-state index is 13.2. The fourth-order valence-electron chi connectivity index (χ4n) is 3.72. The van der Waals surface area contributed by atoms with E-state index in [1.807, 2.05) is 36.4 Å². The Bertz CT molecular complexity index is 1000. The summed E-state index contributed by atoms with van der Waals surface area (Å²) in [6.07, 6.45) is 2.55. The number of rotatable bonds is 7. The second kappa shape index (κ2) is 10.8. The van der Waals surface area contributed by atoms with Crippen molar-refractivity contribution in [1.82, 2.24) is 10.2 Å². The lowest BCUT2D eigenvalue weighted by atomic mass is 10.1. The van der Waals surface area contributed by atoms with E-state index in [0.717, 1.165) is 49.3 Å². The first-order valence-electron chi connectivity index (χ1n) is 10.7. The van der Waals surface area contributed by atoms with Gasteiger partial charge in [-0.3, -0.25) is 19.4 Å². The topological polar surface area (TPSA) is 71.1 Å². The van der Waals surface area contributed by atoms with Gasteiger partial charge in [-0.2, -0.15) is 0 Å². The van der Waals surface area contributed by atoms with Crippen LogP contribution < -0.4 is 15.0 Å². The number of halogens is 1. The Morgan fingerprint density at radius 1 is 1.12 bits per heavy atom. The summed E-state index contributed by atoms with van der Waals surface area (Å²) in [6.45, 7) is 4.81. The van der Waals surface area contributed by atoms with Crippen LogP contribution in [0.25, 0.3) is 6.08 Å². The third kappa shape index (κ3) is 5.76. The molecule has 0 saturated carbocycles. The van der Waals surface area contributed by atoms with Gasteiger partial charge < -0.3 is 14.8 Å². The largest absolute Gasteiger partial charge is 0.449 e. The Hall–Kier alpha value is -2.68. The molecule has 168 valence electrons. The number of morpholine rings is 1. The summed E-state index contributed by atoms with van der Waals surface area (Å²) in [5.41, 5.74) is 1.42. The van der Waals surface area contributed by atoms with E-state index in [1.54, 1.807) is 18.2 Å². The summed E-state index contributed by atoms with van der Waals surface area (Å²) in [6, 6.07) is 14.8. The molecule has 2 aliphatic rings. The van der Waals surface area contributed by atoms with Crippen molar-refractivity contribution in [2.45, 2.75) is 6.42 Å². The van der Waals surface area contributed by atoms with Gasteiger partial charge in [0.25, 0.3) is 5.91 Å². The molecule has 0 aliphatic carbocycles. The number of nitrogens with zero attached hydrogens (tertiary/aromatic N) is 2. The number of carbonyl (C=O) groups is 2. The van der Waals surface area contributed by atoms with Crippen LogP contribution in [0.5, 0.6) is 5.75 Å². The van der Waals surface area contributed by atoms with Gasteiger partial charge in [0.1, 0.15) is 6.54 Å². The monoisotopic (exact) mass is 499 g/mol. The molecule has 1 saturated heterocycles. The molecule has 0 radical (unpaired) electrons. The number of fused-ring (bicyclic) bond motifs is 1. The predicted octanol–water partition coefficient (Wildman–Crippen LogP) is 3.05. The highest BCUT2D eigenvalue weighted by molar-refractivity contribution is 9.10. The predicted molar refractivity (Wildman–Crippen MR) is 126 cm³/mol. The molecule has 2 aromatic carbocycles. The maximum absolute atomic E-state index is 13.2. The second-order valence-electron chi connectivity index (χ2n) is 7.68. The third-order valence-corrected chi connectivity index (χ3v) is 5.85. The number of anilines is 1. The number of hydrogen-bond donors (Lipinski definition) is 1. The van der Waals surface area contributed by atoms with E-state index in [0.29, 0.717) is 18.0 Å². The molecule has 8 heteroatoms. The molecule has 4 rings (SSSR count). The van der Waals surface area contributed by atoms with Crippen molar-refractivity contribution in [2.24, 2.45) is 0 Å². The molecule has 0 bridgehead atoms. The third-order valence-electron chi connectivity index (χ3n) is 5.36. The number of carbonyl (C=O) groups excluding carboxylic acids is 2. The van der Waals surface area contributed by atoms with Gasteiger partial charge in [-0.15, -0.1) is 0 Å². The number of ether oxygens (including phenoxy) is 2. The quantitative estimate of drug-likeness (QED) is 0.468. The van der Waals surface area contributed by atoms with E-state index in [9.17, 15) is 9.59 Å². The Labute approximate surface area is 196 Å². The summed E-state index contributed by atoms with van der Waals surface area (Å²) >= 11 is 3.44. The summed E-state index contributed by atoms with van der Waals surface area (Å²) < 4.78 is 12.1. The SMILES string of the molecule is O=C(CN1C(=O)/C(=C\c2cccc(Br)c2)Oc2ccccc21)NCCCN1CCOCC1. The van der Waals surface area contributed by atoms with Crippen LogP contribution in [0.4, 0.5) is 5.69 Å². The van der Waals surface area contributed by atoms with E-state index in [4.69, 9.17) is 9.47 Å². The van der Waals surface area contributed by atoms with Crippen molar-refractivity contribution in [3.8, 4) is 5.75 Å². The van der Waals surface area contributed by atoms with Crippen LogP contribution in [0.1, 0.15) is 12.0 Å². The minimum atomic E-state index is -0.341. The zero-order valence-electron chi connectivity index (χ0n) is 17.8. The molecule has 2 amide bonds. The van der Waals surface area contributed by atoms with Gasteiger partial charge in [0.2, 0.25) is 5.91 Å². The lowest BCUT2D eigenvalue weighted by Gasteiger charge is -2.30. The minimum Gasteiger partial charge on any atom is -0.449 e. The minimum absolute atomic E-state index is 0.0629. The fourth-order valence-corrected chi connectivity index (χ4v) is 4.14. The van der Waals surface area contributed by atoms with E-state index in [-0.39, 0.29) is 24.1 Å². The number of benzene rings is 2. The summed E-state index contributed by atoms with van der Waals surface area (Å²) in [4.78, 5) is 29.6. The fraction of sp³-hybridized carbons (Fsp3) is 0.333. The van der Waals surface area contributed by atoms with Crippen molar-refractivity contribution in [1.29, 1.82) is 0 Å². The number of hydrogen-bond acceptors (Lipinski definition) is 5. The van der Waals surface area contributed by atoms with E-state index in [2.05, 4.69) is 26.1 Å². The van der Waals surface area contributed by atoms with E-state index < -0.39 is 0 Å². The maximum Gasteiger partial charge on any atom is 0.294 e. The van der Waals surface area contributed by atoms with Gasteiger partial charge in [-0.25, -0.2) is 0 Å². The molecule has 1 fully saturated rings. The molecule has 1 N–H and O–H groups in total. The molecule has 2 aromatic rings. The molecule has 0 unspecified atom stereocenters. The molecule has 2 aliphatic heterocycles.